The van der Waals surface area contributed by atoms with Crippen molar-refractivity contribution in [1.82, 2.24) is 10.2 Å². The Morgan fingerprint density at radius 3 is 2.50 bits per heavy atom. The molecule has 1 heterocycles. The fourth-order valence-corrected chi connectivity index (χ4v) is 2.32. The van der Waals surface area contributed by atoms with Crippen LogP contribution in [0.15, 0.2) is 24.3 Å². The first-order chi connectivity index (χ1) is 9.40. The van der Waals surface area contributed by atoms with Crippen LogP contribution in [0.2, 0.25) is 0 Å². The Kier molecular flexibility index (Phi) is 3.99. The quantitative estimate of drug-likeness (QED) is 0.657. The molecule has 2 atom stereocenters. The average molecular weight is 274 g/mol. The van der Waals surface area contributed by atoms with Crippen LogP contribution in [-0.2, 0) is 9.59 Å². The van der Waals surface area contributed by atoms with E-state index in [0.717, 1.165) is 5.56 Å². The summed E-state index contributed by atoms with van der Waals surface area (Å²) in [6.07, 6.45) is 0. The molecule has 1 aliphatic heterocycles. The number of ketones is 1. The number of imide groups is 1. The number of amides is 2. The number of aryl methyl sites for hydroxylation is 1. The summed E-state index contributed by atoms with van der Waals surface area (Å²) in [7, 11) is 0. The van der Waals surface area contributed by atoms with Gasteiger partial charge in [0, 0.05) is 5.56 Å². The first kappa shape index (κ1) is 14.4. The van der Waals surface area contributed by atoms with Crippen molar-refractivity contribution in [3.05, 3.63) is 35.4 Å². The normalized spacial score (nSPS) is 21.4. The first-order valence-electron chi connectivity index (χ1n) is 6.60. The second-order valence-corrected chi connectivity index (χ2v) is 5.17. The summed E-state index contributed by atoms with van der Waals surface area (Å²) in [6.45, 7) is 5.43. The highest BCUT2D eigenvalue weighted by atomic mass is 16.2. The number of piperazine rings is 1. The monoisotopic (exact) mass is 274 g/mol. The molecule has 1 saturated heterocycles. The van der Waals surface area contributed by atoms with Gasteiger partial charge in [-0.05, 0) is 20.8 Å². The molecular formula is C15H18N2O3. The largest absolute Gasteiger partial charge is 0.294 e. The summed E-state index contributed by atoms with van der Waals surface area (Å²) >= 11 is 0. The van der Waals surface area contributed by atoms with E-state index in [9.17, 15) is 14.4 Å². The van der Waals surface area contributed by atoms with E-state index in [2.05, 4.69) is 5.32 Å². The number of carbonyl (C=O) groups is 3. The van der Waals surface area contributed by atoms with Crippen molar-refractivity contribution in [1.29, 1.82) is 0 Å². The van der Waals surface area contributed by atoms with Gasteiger partial charge in [0.1, 0.15) is 0 Å². The third-order valence-electron chi connectivity index (χ3n) is 3.68. The van der Waals surface area contributed by atoms with Crippen molar-refractivity contribution in [2.45, 2.75) is 32.9 Å². The Bertz CT molecular complexity index is 551. The van der Waals surface area contributed by atoms with Crippen LogP contribution in [0.4, 0.5) is 0 Å². The minimum atomic E-state index is -0.511. The van der Waals surface area contributed by atoms with Crippen molar-refractivity contribution in [3.63, 3.8) is 0 Å². The molecule has 5 nitrogen and oxygen atoms in total. The molecule has 1 aromatic carbocycles. The van der Waals surface area contributed by atoms with Crippen LogP contribution in [0, 0.1) is 6.92 Å². The van der Waals surface area contributed by atoms with Gasteiger partial charge in [-0.3, -0.25) is 24.6 Å². The van der Waals surface area contributed by atoms with Gasteiger partial charge in [0.15, 0.2) is 5.78 Å². The van der Waals surface area contributed by atoms with Crippen molar-refractivity contribution in [2.24, 2.45) is 0 Å². The van der Waals surface area contributed by atoms with Crippen LogP contribution in [0.5, 0.6) is 0 Å². The molecule has 1 aliphatic rings. The maximum Gasteiger partial charge on any atom is 0.243 e. The van der Waals surface area contributed by atoms with Crippen molar-refractivity contribution in [2.75, 3.05) is 6.54 Å². The summed E-state index contributed by atoms with van der Waals surface area (Å²) in [4.78, 5) is 37.1. The van der Waals surface area contributed by atoms with Crippen LogP contribution in [0.3, 0.4) is 0 Å². The highest BCUT2D eigenvalue weighted by Crippen LogP contribution is 2.15. The van der Waals surface area contributed by atoms with E-state index in [4.69, 9.17) is 0 Å². The SMILES string of the molecule is Cc1ccc(C(=O)C(C)N2CC(=O)NC(=O)C2C)cc1. The topological polar surface area (TPSA) is 66.5 Å². The lowest BCUT2D eigenvalue weighted by molar-refractivity contribution is -0.140. The summed E-state index contributed by atoms with van der Waals surface area (Å²) < 4.78 is 0. The number of nitrogens with one attached hydrogen (secondary N) is 1. The third-order valence-corrected chi connectivity index (χ3v) is 3.68. The Morgan fingerprint density at radius 2 is 1.90 bits per heavy atom. The first-order valence-corrected chi connectivity index (χ1v) is 6.60. The van der Waals surface area contributed by atoms with E-state index in [1.807, 2.05) is 19.1 Å². The molecule has 1 aromatic rings. The second-order valence-electron chi connectivity index (χ2n) is 5.17. The predicted molar refractivity (Wildman–Crippen MR) is 74.3 cm³/mol. The van der Waals surface area contributed by atoms with E-state index in [1.54, 1.807) is 30.9 Å². The Hall–Kier alpha value is -2.01. The van der Waals surface area contributed by atoms with Gasteiger partial charge in [-0.25, -0.2) is 0 Å². The lowest BCUT2D eigenvalue weighted by Crippen LogP contribution is -2.60. The van der Waals surface area contributed by atoms with Gasteiger partial charge >= 0.3 is 0 Å². The molecule has 0 spiro atoms. The smallest absolute Gasteiger partial charge is 0.243 e. The molecule has 0 aromatic heterocycles. The molecular weight excluding hydrogens is 256 g/mol. The number of Topliss-reactive ketones (excluding diaryl/α,β-unsaturated/α-hetero) is 1. The zero-order valence-corrected chi connectivity index (χ0v) is 11.8. The van der Waals surface area contributed by atoms with Crippen LogP contribution < -0.4 is 5.32 Å². The highest BCUT2D eigenvalue weighted by Gasteiger charge is 2.35. The van der Waals surface area contributed by atoms with E-state index in [1.165, 1.54) is 0 Å². The van der Waals surface area contributed by atoms with E-state index < -0.39 is 12.1 Å². The summed E-state index contributed by atoms with van der Waals surface area (Å²) in [6, 6.07) is 6.28. The van der Waals surface area contributed by atoms with Gasteiger partial charge in [0.05, 0.1) is 18.6 Å². The van der Waals surface area contributed by atoms with Gasteiger partial charge in [-0.1, -0.05) is 29.8 Å². The fraction of sp³-hybridized carbons (Fsp3) is 0.400. The Labute approximate surface area is 118 Å². The lowest BCUT2D eigenvalue weighted by Gasteiger charge is -2.35. The van der Waals surface area contributed by atoms with E-state index in [0.29, 0.717) is 5.56 Å². The lowest BCUT2D eigenvalue weighted by atomic mass is 10.0. The standard InChI is InChI=1S/C15H18N2O3/c1-9-4-6-12(7-5-9)14(19)10(2)17-8-13(18)16-15(20)11(17)3/h4-7,10-11H,8H2,1-3H3,(H,16,18,20). The maximum atomic E-state index is 12.4. The number of hydrogen-bond donors (Lipinski definition) is 1. The fourth-order valence-electron chi connectivity index (χ4n) is 2.32. The molecule has 0 aliphatic carbocycles. The number of benzene rings is 1. The van der Waals surface area contributed by atoms with E-state index >= 15 is 0 Å². The minimum absolute atomic E-state index is 0.0612. The van der Waals surface area contributed by atoms with Gasteiger partial charge < -0.3 is 0 Å². The number of hydrogen-bond acceptors (Lipinski definition) is 4. The molecule has 0 radical (unpaired) electrons. The van der Waals surface area contributed by atoms with Crippen molar-refractivity contribution in [3.8, 4) is 0 Å². The van der Waals surface area contributed by atoms with Crippen LogP contribution in [0.1, 0.15) is 29.8 Å². The molecule has 5 heteroatoms. The molecule has 2 amide bonds. The minimum Gasteiger partial charge on any atom is -0.294 e. The Balaban J connectivity index is 2.19. The molecule has 0 saturated carbocycles. The molecule has 20 heavy (non-hydrogen) atoms. The van der Waals surface area contributed by atoms with Gasteiger partial charge in [-0.2, -0.15) is 0 Å². The maximum absolute atomic E-state index is 12.4. The molecule has 1 fully saturated rings. The van der Waals surface area contributed by atoms with E-state index in [-0.39, 0.29) is 24.1 Å². The average Bonchev–Trinajstić information content (AvgIpc) is 2.42. The van der Waals surface area contributed by atoms with Crippen molar-refractivity contribution < 1.29 is 14.4 Å². The zero-order valence-electron chi connectivity index (χ0n) is 11.8. The summed E-state index contributed by atoms with van der Waals surface area (Å²) in [5.41, 5.74) is 1.67. The number of nitrogens with zero attached hydrogens (tertiary/aromatic N) is 1. The Morgan fingerprint density at radius 1 is 1.30 bits per heavy atom. The predicted octanol–water partition coefficient (Wildman–Crippen LogP) is 0.913. The summed E-state index contributed by atoms with van der Waals surface area (Å²) in [5.74, 6) is -0.805. The van der Waals surface area contributed by atoms with Gasteiger partial charge in [0.25, 0.3) is 0 Å². The molecule has 1 N–H and O–H groups in total. The highest BCUT2D eigenvalue weighted by molar-refractivity contribution is 6.04. The van der Waals surface area contributed by atoms with Gasteiger partial charge in [-0.15, -0.1) is 0 Å². The van der Waals surface area contributed by atoms with Crippen molar-refractivity contribution >= 4 is 17.6 Å². The third kappa shape index (κ3) is 2.77. The van der Waals surface area contributed by atoms with Crippen LogP contribution >= 0.6 is 0 Å². The molecule has 2 rings (SSSR count). The van der Waals surface area contributed by atoms with Crippen LogP contribution in [0.25, 0.3) is 0 Å². The molecule has 106 valence electrons. The number of carbonyl (C=O) groups excluding carboxylic acids is 3. The molecule has 0 bridgehead atoms. The van der Waals surface area contributed by atoms with Gasteiger partial charge in [0.2, 0.25) is 11.8 Å². The van der Waals surface area contributed by atoms with Crippen LogP contribution in [-0.4, -0.2) is 41.1 Å². The second kappa shape index (κ2) is 5.54. The summed E-state index contributed by atoms with van der Waals surface area (Å²) in [5, 5.41) is 2.27. The number of rotatable bonds is 3. The zero-order chi connectivity index (χ0) is 14.9. The molecule has 2 unspecified atom stereocenters.